The molecule has 1 heterocycles. The van der Waals surface area contributed by atoms with E-state index in [0.29, 0.717) is 11.4 Å². The van der Waals surface area contributed by atoms with Gasteiger partial charge in [-0.25, -0.2) is 4.68 Å². The highest BCUT2D eigenvalue weighted by Gasteiger charge is 2.03. The van der Waals surface area contributed by atoms with Crippen molar-refractivity contribution in [3.63, 3.8) is 0 Å². The van der Waals surface area contributed by atoms with Crippen molar-refractivity contribution in [2.24, 2.45) is 0 Å². The van der Waals surface area contributed by atoms with E-state index in [2.05, 4.69) is 15.6 Å². The van der Waals surface area contributed by atoms with Gasteiger partial charge in [-0.2, -0.15) is 0 Å². The summed E-state index contributed by atoms with van der Waals surface area (Å²) >= 11 is 0. The summed E-state index contributed by atoms with van der Waals surface area (Å²) in [6.07, 6.45) is 1.63. The molecule has 0 aliphatic heterocycles. The number of aliphatic hydroxyl groups is 1. The fourth-order valence-electron chi connectivity index (χ4n) is 1.43. The molecular weight excluding hydrogens is 220 g/mol. The maximum absolute atomic E-state index is 10.9. The Morgan fingerprint density at radius 2 is 2.35 bits per heavy atom. The molecular formula is C11H12N4O2. The van der Waals surface area contributed by atoms with E-state index in [1.54, 1.807) is 24.4 Å². The van der Waals surface area contributed by atoms with Crippen LogP contribution in [0.1, 0.15) is 12.6 Å². The number of nitrogens with zero attached hydrogens (tertiary/aromatic N) is 3. The number of carbonyl (C=O) groups excluding carboxylic acids is 1. The van der Waals surface area contributed by atoms with Gasteiger partial charge < -0.3 is 10.4 Å². The monoisotopic (exact) mass is 232 g/mol. The van der Waals surface area contributed by atoms with Gasteiger partial charge >= 0.3 is 0 Å². The van der Waals surface area contributed by atoms with E-state index in [1.165, 1.54) is 11.6 Å². The predicted octanol–water partition coefficient (Wildman–Crippen LogP) is 0.718. The zero-order valence-electron chi connectivity index (χ0n) is 9.29. The fourth-order valence-corrected chi connectivity index (χ4v) is 1.43. The molecule has 0 unspecified atom stereocenters. The number of amides is 1. The van der Waals surface area contributed by atoms with Crippen molar-refractivity contribution in [3.8, 4) is 5.69 Å². The lowest BCUT2D eigenvalue weighted by Gasteiger charge is -2.04. The first-order valence-electron chi connectivity index (χ1n) is 5.09. The van der Waals surface area contributed by atoms with E-state index in [1.807, 2.05) is 6.07 Å². The molecule has 1 aromatic heterocycles. The smallest absolute Gasteiger partial charge is 0.221 e. The van der Waals surface area contributed by atoms with Crippen LogP contribution in [0.2, 0.25) is 0 Å². The average molecular weight is 232 g/mol. The second-order valence-electron chi connectivity index (χ2n) is 3.54. The second kappa shape index (κ2) is 4.75. The van der Waals surface area contributed by atoms with Crippen LogP contribution in [0.5, 0.6) is 0 Å². The van der Waals surface area contributed by atoms with Gasteiger partial charge in [-0.05, 0) is 18.2 Å². The minimum Gasteiger partial charge on any atom is -0.390 e. The van der Waals surface area contributed by atoms with Crippen LogP contribution in [0.3, 0.4) is 0 Å². The first-order valence-corrected chi connectivity index (χ1v) is 5.09. The largest absolute Gasteiger partial charge is 0.390 e. The standard InChI is InChI=1S/C11H12N4O2/c1-8(17)12-9-3-2-4-11(5-9)15-6-10(7-16)13-14-15/h2-6,16H,7H2,1H3,(H,12,17). The molecule has 0 fully saturated rings. The lowest BCUT2D eigenvalue weighted by atomic mass is 10.3. The third kappa shape index (κ3) is 2.67. The Labute approximate surface area is 97.9 Å². The second-order valence-corrected chi connectivity index (χ2v) is 3.54. The molecule has 2 N–H and O–H groups in total. The molecule has 0 aliphatic rings. The predicted molar refractivity (Wildman–Crippen MR) is 61.6 cm³/mol. The Balaban J connectivity index is 2.29. The van der Waals surface area contributed by atoms with Gasteiger partial charge in [0.1, 0.15) is 5.69 Å². The van der Waals surface area contributed by atoms with Crippen molar-refractivity contribution in [2.45, 2.75) is 13.5 Å². The molecule has 6 nitrogen and oxygen atoms in total. The lowest BCUT2D eigenvalue weighted by Crippen LogP contribution is -2.06. The SMILES string of the molecule is CC(=O)Nc1cccc(-n2cc(CO)nn2)c1. The normalized spacial score (nSPS) is 10.2. The van der Waals surface area contributed by atoms with Crippen LogP contribution in [0.15, 0.2) is 30.5 Å². The maximum Gasteiger partial charge on any atom is 0.221 e. The topological polar surface area (TPSA) is 80.0 Å². The van der Waals surface area contributed by atoms with Gasteiger partial charge in [0.2, 0.25) is 5.91 Å². The summed E-state index contributed by atoms with van der Waals surface area (Å²) in [6, 6.07) is 7.20. The molecule has 0 spiro atoms. The van der Waals surface area contributed by atoms with Crippen LogP contribution in [-0.2, 0) is 11.4 Å². The van der Waals surface area contributed by atoms with E-state index in [-0.39, 0.29) is 12.5 Å². The first kappa shape index (κ1) is 11.3. The summed E-state index contributed by atoms with van der Waals surface area (Å²) in [7, 11) is 0. The van der Waals surface area contributed by atoms with Gasteiger partial charge in [-0.15, -0.1) is 5.10 Å². The average Bonchev–Trinajstić information content (AvgIpc) is 2.77. The minimum atomic E-state index is -0.147. The molecule has 2 rings (SSSR count). The number of aromatic nitrogens is 3. The number of nitrogens with one attached hydrogen (secondary N) is 1. The van der Waals surface area contributed by atoms with Gasteiger partial charge in [0.25, 0.3) is 0 Å². The molecule has 0 saturated carbocycles. The van der Waals surface area contributed by atoms with E-state index < -0.39 is 0 Å². The summed E-state index contributed by atoms with van der Waals surface area (Å²) in [5.41, 5.74) is 1.95. The number of carbonyl (C=O) groups is 1. The van der Waals surface area contributed by atoms with Crippen molar-refractivity contribution in [1.29, 1.82) is 0 Å². The summed E-state index contributed by atoms with van der Waals surface area (Å²) in [4.78, 5) is 10.9. The lowest BCUT2D eigenvalue weighted by molar-refractivity contribution is -0.114. The van der Waals surface area contributed by atoms with Crippen LogP contribution in [0, 0.1) is 0 Å². The fraction of sp³-hybridized carbons (Fsp3) is 0.182. The highest BCUT2D eigenvalue weighted by molar-refractivity contribution is 5.88. The van der Waals surface area contributed by atoms with Crippen molar-refractivity contribution in [1.82, 2.24) is 15.0 Å². The van der Waals surface area contributed by atoms with Gasteiger partial charge in [-0.1, -0.05) is 11.3 Å². The molecule has 0 saturated heterocycles. The van der Waals surface area contributed by atoms with Crippen molar-refractivity contribution >= 4 is 11.6 Å². The van der Waals surface area contributed by atoms with Crippen molar-refractivity contribution in [3.05, 3.63) is 36.2 Å². The number of benzene rings is 1. The number of anilines is 1. The van der Waals surface area contributed by atoms with E-state index >= 15 is 0 Å². The molecule has 2 aromatic rings. The Bertz CT molecular complexity index is 536. The molecule has 6 heteroatoms. The van der Waals surface area contributed by atoms with Gasteiger partial charge in [0.05, 0.1) is 18.5 Å². The highest BCUT2D eigenvalue weighted by Crippen LogP contribution is 2.14. The molecule has 0 radical (unpaired) electrons. The van der Waals surface area contributed by atoms with Gasteiger partial charge in [0.15, 0.2) is 0 Å². The van der Waals surface area contributed by atoms with Gasteiger partial charge in [-0.3, -0.25) is 4.79 Å². The molecule has 17 heavy (non-hydrogen) atoms. The van der Waals surface area contributed by atoms with Crippen LogP contribution >= 0.6 is 0 Å². The zero-order valence-corrected chi connectivity index (χ0v) is 9.29. The molecule has 88 valence electrons. The molecule has 0 bridgehead atoms. The minimum absolute atomic E-state index is 0.128. The van der Waals surface area contributed by atoms with Gasteiger partial charge in [0, 0.05) is 12.6 Å². The molecule has 1 aromatic carbocycles. The highest BCUT2D eigenvalue weighted by atomic mass is 16.3. The van der Waals surface area contributed by atoms with Crippen molar-refractivity contribution in [2.75, 3.05) is 5.32 Å². The Morgan fingerprint density at radius 1 is 1.53 bits per heavy atom. The Hall–Kier alpha value is -2.21. The number of rotatable bonds is 3. The summed E-state index contributed by atoms with van der Waals surface area (Å²) in [6.45, 7) is 1.30. The first-order chi connectivity index (χ1) is 8.19. The van der Waals surface area contributed by atoms with Crippen LogP contribution in [0.25, 0.3) is 5.69 Å². The van der Waals surface area contributed by atoms with Crippen LogP contribution in [0.4, 0.5) is 5.69 Å². The quantitative estimate of drug-likeness (QED) is 0.817. The van der Waals surface area contributed by atoms with Crippen LogP contribution in [-0.4, -0.2) is 26.0 Å². The van der Waals surface area contributed by atoms with Crippen molar-refractivity contribution < 1.29 is 9.90 Å². The Morgan fingerprint density at radius 3 is 3.00 bits per heavy atom. The zero-order chi connectivity index (χ0) is 12.3. The maximum atomic E-state index is 10.9. The Kier molecular flexibility index (Phi) is 3.15. The third-order valence-corrected chi connectivity index (χ3v) is 2.13. The third-order valence-electron chi connectivity index (χ3n) is 2.13. The summed E-state index contributed by atoms with van der Waals surface area (Å²) < 4.78 is 1.54. The number of aliphatic hydroxyl groups excluding tert-OH is 1. The number of hydrogen-bond donors (Lipinski definition) is 2. The summed E-state index contributed by atoms with van der Waals surface area (Å²) in [5.74, 6) is -0.128. The molecule has 1 amide bonds. The van der Waals surface area contributed by atoms with E-state index in [4.69, 9.17) is 5.11 Å². The molecule has 0 aliphatic carbocycles. The molecule has 0 atom stereocenters. The van der Waals surface area contributed by atoms with E-state index in [9.17, 15) is 4.79 Å². The number of hydrogen-bond acceptors (Lipinski definition) is 4. The van der Waals surface area contributed by atoms with E-state index in [0.717, 1.165) is 5.69 Å². The summed E-state index contributed by atoms with van der Waals surface area (Å²) in [5, 5.41) is 19.2. The van der Waals surface area contributed by atoms with Crippen LogP contribution < -0.4 is 5.32 Å².